The van der Waals surface area contributed by atoms with Crippen LogP contribution < -0.4 is 5.32 Å². The lowest BCUT2D eigenvalue weighted by Crippen LogP contribution is -2.37. The Hall–Kier alpha value is -3.15. The van der Waals surface area contributed by atoms with Gasteiger partial charge >= 0.3 is 5.97 Å². The Balaban J connectivity index is 1.84. The van der Waals surface area contributed by atoms with Gasteiger partial charge in [-0.3, -0.25) is 14.4 Å². The molecule has 2 rings (SSSR count). The third-order valence-corrected chi connectivity index (χ3v) is 3.45. The molecule has 0 aromatic heterocycles. The Kier molecular flexibility index (Phi) is 6.28. The maximum Gasteiger partial charge on any atom is 0.326 e. The number of nitrogens with one attached hydrogen (secondary N) is 1. The van der Waals surface area contributed by atoms with Gasteiger partial charge in [0.15, 0.2) is 6.10 Å². The second-order valence-corrected chi connectivity index (χ2v) is 5.51. The quantitative estimate of drug-likeness (QED) is 0.819. The molecule has 0 saturated heterocycles. The van der Waals surface area contributed by atoms with Crippen molar-refractivity contribution in [3.63, 3.8) is 0 Å². The summed E-state index contributed by atoms with van der Waals surface area (Å²) < 4.78 is 5.10. The van der Waals surface area contributed by atoms with Gasteiger partial charge in [0.2, 0.25) is 0 Å². The Morgan fingerprint density at radius 2 is 1.56 bits per heavy atom. The van der Waals surface area contributed by atoms with E-state index in [4.69, 9.17) is 4.74 Å². The van der Waals surface area contributed by atoms with Crippen LogP contribution in [0.4, 0.5) is 5.69 Å². The molecule has 1 N–H and O–H groups in total. The topological polar surface area (TPSA) is 75.7 Å². The van der Waals surface area contributed by atoms with E-state index in [9.17, 15) is 14.4 Å². The number of nitrogens with zero attached hydrogens (tertiary/aromatic N) is 1. The summed E-state index contributed by atoms with van der Waals surface area (Å²) in [7, 11) is 1.51. The van der Waals surface area contributed by atoms with Crippen LogP contribution in [0.25, 0.3) is 0 Å². The van der Waals surface area contributed by atoms with E-state index in [2.05, 4.69) is 5.32 Å². The summed E-state index contributed by atoms with van der Waals surface area (Å²) in [6, 6.07) is 17.5. The predicted octanol–water partition coefficient (Wildman–Crippen LogP) is 2.33. The molecule has 2 amide bonds. The van der Waals surface area contributed by atoms with Crippen LogP contribution in [-0.2, 0) is 14.3 Å². The lowest BCUT2D eigenvalue weighted by Gasteiger charge is -2.18. The molecule has 0 aliphatic carbocycles. The Labute approximate surface area is 146 Å². The molecule has 0 fully saturated rings. The Bertz CT molecular complexity index is 732. The standard InChI is InChI=1S/C19H20N2O4/c1-14(18(23)20-16-11-7-4-8-12-16)25-17(22)13-21(2)19(24)15-9-5-3-6-10-15/h3-12,14H,13H2,1-2H3,(H,20,23). The highest BCUT2D eigenvalue weighted by atomic mass is 16.5. The molecule has 0 spiro atoms. The molecule has 2 aromatic carbocycles. The lowest BCUT2D eigenvalue weighted by molar-refractivity contribution is -0.153. The van der Waals surface area contributed by atoms with Crippen molar-refractivity contribution in [2.45, 2.75) is 13.0 Å². The number of likely N-dealkylation sites (N-methyl/N-ethyl adjacent to an activating group) is 1. The van der Waals surface area contributed by atoms with Crippen molar-refractivity contribution < 1.29 is 19.1 Å². The molecular formula is C19H20N2O4. The third-order valence-electron chi connectivity index (χ3n) is 3.45. The van der Waals surface area contributed by atoms with Gasteiger partial charge < -0.3 is 15.0 Å². The lowest BCUT2D eigenvalue weighted by atomic mass is 10.2. The fourth-order valence-corrected chi connectivity index (χ4v) is 2.12. The second-order valence-electron chi connectivity index (χ2n) is 5.51. The molecule has 6 nitrogen and oxygen atoms in total. The number of benzene rings is 2. The molecule has 0 saturated carbocycles. The maximum absolute atomic E-state index is 12.2. The summed E-state index contributed by atoms with van der Waals surface area (Å²) in [5, 5.41) is 2.65. The molecular weight excluding hydrogens is 320 g/mol. The number of esters is 1. The molecule has 1 atom stereocenters. The second kappa shape index (κ2) is 8.63. The number of amides is 2. The van der Waals surface area contributed by atoms with Gasteiger partial charge in [-0.05, 0) is 31.2 Å². The first kappa shape index (κ1) is 18.2. The van der Waals surface area contributed by atoms with Gasteiger partial charge in [0.1, 0.15) is 6.54 Å². The number of anilines is 1. The summed E-state index contributed by atoms with van der Waals surface area (Å²) in [5.41, 5.74) is 1.10. The normalized spacial score (nSPS) is 11.3. The maximum atomic E-state index is 12.2. The molecule has 1 unspecified atom stereocenters. The van der Waals surface area contributed by atoms with E-state index in [1.54, 1.807) is 54.6 Å². The van der Waals surface area contributed by atoms with Crippen LogP contribution in [0.3, 0.4) is 0 Å². The molecule has 0 aliphatic rings. The number of carbonyl (C=O) groups is 3. The molecule has 0 aliphatic heterocycles. The first-order valence-electron chi connectivity index (χ1n) is 7.83. The summed E-state index contributed by atoms with van der Waals surface area (Å²) >= 11 is 0. The Morgan fingerprint density at radius 1 is 1.00 bits per heavy atom. The van der Waals surface area contributed by atoms with Gasteiger partial charge in [-0.2, -0.15) is 0 Å². The van der Waals surface area contributed by atoms with Gasteiger partial charge in [0, 0.05) is 18.3 Å². The van der Waals surface area contributed by atoms with Crippen molar-refractivity contribution in [1.82, 2.24) is 4.90 Å². The highest BCUT2D eigenvalue weighted by Crippen LogP contribution is 2.07. The number of rotatable bonds is 6. The highest BCUT2D eigenvalue weighted by molar-refractivity contribution is 5.97. The third kappa shape index (κ3) is 5.46. The zero-order valence-corrected chi connectivity index (χ0v) is 14.1. The fraction of sp³-hybridized carbons (Fsp3) is 0.211. The fourth-order valence-electron chi connectivity index (χ4n) is 2.12. The van der Waals surface area contributed by atoms with Crippen molar-refractivity contribution >= 4 is 23.5 Å². The minimum absolute atomic E-state index is 0.239. The summed E-state index contributed by atoms with van der Waals surface area (Å²) in [6.07, 6.45) is -0.965. The van der Waals surface area contributed by atoms with Gasteiger partial charge in [-0.25, -0.2) is 0 Å². The molecule has 0 bridgehead atoms. The van der Waals surface area contributed by atoms with E-state index < -0.39 is 18.0 Å². The van der Waals surface area contributed by atoms with Crippen LogP contribution in [0.15, 0.2) is 60.7 Å². The van der Waals surface area contributed by atoms with Crippen LogP contribution in [0.1, 0.15) is 17.3 Å². The average Bonchev–Trinajstić information content (AvgIpc) is 2.62. The van der Waals surface area contributed by atoms with Gasteiger partial charge in [-0.1, -0.05) is 36.4 Å². The molecule has 25 heavy (non-hydrogen) atoms. The SMILES string of the molecule is CC(OC(=O)CN(C)C(=O)c1ccccc1)C(=O)Nc1ccccc1. The molecule has 6 heteroatoms. The van der Waals surface area contributed by atoms with Crippen LogP contribution in [0.5, 0.6) is 0 Å². The van der Waals surface area contributed by atoms with Crippen molar-refractivity contribution in [3.8, 4) is 0 Å². The van der Waals surface area contributed by atoms with Crippen molar-refractivity contribution in [3.05, 3.63) is 66.2 Å². The monoisotopic (exact) mass is 340 g/mol. The van der Waals surface area contributed by atoms with E-state index in [1.807, 2.05) is 6.07 Å². The van der Waals surface area contributed by atoms with E-state index in [-0.39, 0.29) is 12.5 Å². The number of para-hydroxylation sites is 1. The zero-order chi connectivity index (χ0) is 18.2. The van der Waals surface area contributed by atoms with Crippen molar-refractivity contribution in [2.24, 2.45) is 0 Å². The average molecular weight is 340 g/mol. The van der Waals surface area contributed by atoms with Gasteiger partial charge in [0.25, 0.3) is 11.8 Å². The number of ether oxygens (including phenoxy) is 1. The summed E-state index contributed by atoms with van der Waals surface area (Å²) in [6.45, 7) is 1.24. The van der Waals surface area contributed by atoms with Crippen LogP contribution in [0.2, 0.25) is 0 Å². The molecule has 0 heterocycles. The first-order valence-corrected chi connectivity index (χ1v) is 7.83. The molecule has 2 aromatic rings. The molecule has 130 valence electrons. The minimum Gasteiger partial charge on any atom is -0.451 e. The number of hydrogen-bond acceptors (Lipinski definition) is 4. The smallest absolute Gasteiger partial charge is 0.326 e. The predicted molar refractivity (Wildman–Crippen MR) is 94.0 cm³/mol. The van der Waals surface area contributed by atoms with Crippen LogP contribution in [-0.4, -0.2) is 42.4 Å². The van der Waals surface area contributed by atoms with Crippen molar-refractivity contribution in [2.75, 3.05) is 18.9 Å². The Morgan fingerprint density at radius 3 is 2.16 bits per heavy atom. The highest BCUT2D eigenvalue weighted by Gasteiger charge is 2.21. The number of carbonyl (C=O) groups excluding carboxylic acids is 3. The van der Waals surface area contributed by atoms with Crippen LogP contribution >= 0.6 is 0 Å². The van der Waals surface area contributed by atoms with Gasteiger partial charge in [-0.15, -0.1) is 0 Å². The first-order chi connectivity index (χ1) is 12.0. The van der Waals surface area contributed by atoms with Gasteiger partial charge in [0.05, 0.1) is 0 Å². The van der Waals surface area contributed by atoms with Crippen LogP contribution in [0, 0.1) is 0 Å². The summed E-state index contributed by atoms with van der Waals surface area (Å²) in [4.78, 5) is 37.4. The minimum atomic E-state index is -0.965. The zero-order valence-electron chi connectivity index (χ0n) is 14.1. The molecule has 0 radical (unpaired) electrons. The van der Waals surface area contributed by atoms with E-state index >= 15 is 0 Å². The van der Waals surface area contributed by atoms with E-state index in [1.165, 1.54) is 18.9 Å². The largest absolute Gasteiger partial charge is 0.451 e. The summed E-state index contributed by atoms with van der Waals surface area (Å²) in [5.74, 6) is -1.38. The number of hydrogen-bond donors (Lipinski definition) is 1. The van der Waals surface area contributed by atoms with E-state index in [0.29, 0.717) is 11.3 Å². The van der Waals surface area contributed by atoms with E-state index in [0.717, 1.165) is 0 Å². The van der Waals surface area contributed by atoms with Crippen molar-refractivity contribution in [1.29, 1.82) is 0 Å².